The maximum absolute atomic E-state index is 10.9. The van der Waals surface area contributed by atoms with E-state index in [2.05, 4.69) is 21.8 Å². The van der Waals surface area contributed by atoms with Crippen LogP contribution < -0.4 is 0 Å². The zero-order valence-electron chi connectivity index (χ0n) is 13.5. The SMILES string of the molecule is O=C(O)CCC1(Sc2ccncc2C#Cc2ccnc(Cl)c2)CCC1. The number of hydrogen-bond donors (Lipinski definition) is 1. The Morgan fingerprint density at radius 2 is 2.16 bits per heavy atom. The molecule has 128 valence electrons. The van der Waals surface area contributed by atoms with Gasteiger partial charge < -0.3 is 5.11 Å². The summed E-state index contributed by atoms with van der Waals surface area (Å²) in [6.07, 6.45) is 9.24. The van der Waals surface area contributed by atoms with E-state index in [1.165, 1.54) is 0 Å². The summed E-state index contributed by atoms with van der Waals surface area (Å²) in [6.45, 7) is 0. The maximum atomic E-state index is 10.9. The molecule has 0 radical (unpaired) electrons. The lowest BCUT2D eigenvalue weighted by Gasteiger charge is -2.41. The lowest BCUT2D eigenvalue weighted by molar-refractivity contribution is -0.137. The van der Waals surface area contributed by atoms with Gasteiger partial charge in [0.1, 0.15) is 5.15 Å². The summed E-state index contributed by atoms with van der Waals surface area (Å²) in [4.78, 5) is 20.1. The third-order valence-corrected chi connectivity index (χ3v) is 6.06. The molecule has 1 aliphatic rings. The van der Waals surface area contributed by atoms with E-state index in [4.69, 9.17) is 16.7 Å². The van der Waals surface area contributed by atoms with E-state index in [0.717, 1.165) is 35.3 Å². The van der Waals surface area contributed by atoms with Gasteiger partial charge >= 0.3 is 5.97 Å². The van der Waals surface area contributed by atoms with Crippen LogP contribution in [0.3, 0.4) is 0 Å². The predicted molar refractivity (Wildman–Crippen MR) is 98.8 cm³/mol. The van der Waals surface area contributed by atoms with Crippen LogP contribution in [0.4, 0.5) is 0 Å². The van der Waals surface area contributed by atoms with Gasteiger partial charge in [-0.1, -0.05) is 29.9 Å². The van der Waals surface area contributed by atoms with Crippen molar-refractivity contribution < 1.29 is 9.90 Å². The first-order chi connectivity index (χ1) is 12.1. The molecule has 3 rings (SSSR count). The standard InChI is InChI=1S/C19H17ClN2O2S/c20-17-12-14(5-11-22-17)2-3-15-13-21-10-6-16(15)25-19(7-1-8-19)9-4-18(23)24/h5-6,10-13H,1,4,7-9H2,(H,23,24). The van der Waals surface area contributed by atoms with Crippen LogP contribution >= 0.6 is 23.4 Å². The summed E-state index contributed by atoms with van der Waals surface area (Å²) < 4.78 is 0.0101. The summed E-state index contributed by atoms with van der Waals surface area (Å²) in [5.74, 6) is 5.51. The zero-order chi connectivity index (χ0) is 17.7. The number of aromatic nitrogens is 2. The van der Waals surface area contributed by atoms with Crippen LogP contribution in [0.15, 0.2) is 41.7 Å². The first kappa shape index (κ1) is 17.8. The number of pyridine rings is 2. The van der Waals surface area contributed by atoms with Gasteiger partial charge in [0.2, 0.25) is 0 Å². The van der Waals surface area contributed by atoms with Gasteiger partial charge in [-0.15, -0.1) is 11.8 Å². The molecule has 0 aromatic carbocycles. The first-order valence-corrected chi connectivity index (χ1v) is 9.24. The molecule has 0 saturated heterocycles. The van der Waals surface area contributed by atoms with Crippen molar-refractivity contribution in [2.45, 2.75) is 41.7 Å². The Kier molecular flexibility index (Phi) is 5.62. The summed E-state index contributed by atoms with van der Waals surface area (Å²) in [5.41, 5.74) is 1.64. The summed E-state index contributed by atoms with van der Waals surface area (Å²) >= 11 is 7.63. The Morgan fingerprint density at radius 3 is 2.84 bits per heavy atom. The van der Waals surface area contributed by atoms with E-state index < -0.39 is 5.97 Å². The Balaban J connectivity index is 1.80. The highest BCUT2D eigenvalue weighted by molar-refractivity contribution is 8.00. The fourth-order valence-electron chi connectivity index (χ4n) is 2.73. The summed E-state index contributed by atoms with van der Waals surface area (Å²) in [5, 5.41) is 9.40. The normalized spacial score (nSPS) is 14.9. The Labute approximate surface area is 156 Å². The topological polar surface area (TPSA) is 63.1 Å². The lowest BCUT2D eigenvalue weighted by atomic mass is 9.81. The van der Waals surface area contributed by atoms with Crippen molar-refractivity contribution in [3.05, 3.63) is 53.1 Å². The van der Waals surface area contributed by atoms with Crippen LogP contribution in [-0.4, -0.2) is 25.8 Å². The molecule has 1 saturated carbocycles. The third-order valence-electron chi connectivity index (χ3n) is 4.23. The molecule has 2 aromatic heterocycles. The molecule has 2 aromatic rings. The van der Waals surface area contributed by atoms with Crippen molar-refractivity contribution >= 4 is 29.3 Å². The largest absolute Gasteiger partial charge is 0.481 e. The number of rotatable bonds is 5. The summed E-state index contributed by atoms with van der Waals surface area (Å²) in [7, 11) is 0. The van der Waals surface area contributed by atoms with Gasteiger partial charge in [-0.2, -0.15) is 0 Å². The molecule has 0 bridgehead atoms. The smallest absolute Gasteiger partial charge is 0.303 e. The van der Waals surface area contributed by atoms with E-state index in [1.807, 2.05) is 12.1 Å². The van der Waals surface area contributed by atoms with Crippen LogP contribution in [-0.2, 0) is 4.79 Å². The quantitative estimate of drug-likeness (QED) is 0.622. The number of thioether (sulfide) groups is 1. The van der Waals surface area contributed by atoms with Crippen LogP contribution in [0.25, 0.3) is 0 Å². The highest BCUT2D eigenvalue weighted by Crippen LogP contribution is 2.51. The van der Waals surface area contributed by atoms with Gasteiger partial charge in [-0.25, -0.2) is 4.98 Å². The first-order valence-electron chi connectivity index (χ1n) is 8.05. The van der Waals surface area contributed by atoms with E-state index in [1.54, 1.807) is 36.4 Å². The molecule has 0 atom stereocenters. The molecule has 25 heavy (non-hydrogen) atoms. The fraction of sp³-hybridized carbons (Fsp3) is 0.316. The van der Waals surface area contributed by atoms with Crippen molar-refractivity contribution in [2.24, 2.45) is 0 Å². The molecule has 1 N–H and O–H groups in total. The minimum Gasteiger partial charge on any atom is -0.481 e. The highest BCUT2D eigenvalue weighted by atomic mass is 35.5. The van der Waals surface area contributed by atoms with Crippen LogP contribution in [0.5, 0.6) is 0 Å². The monoisotopic (exact) mass is 372 g/mol. The molecule has 0 spiro atoms. The van der Waals surface area contributed by atoms with E-state index in [-0.39, 0.29) is 11.2 Å². The van der Waals surface area contributed by atoms with Gasteiger partial charge in [-0.05, 0) is 37.5 Å². The molecular formula is C19H17ClN2O2S. The number of hydrogen-bond acceptors (Lipinski definition) is 4. The van der Waals surface area contributed by atoms with Crippen molar-refractivity contribution in [3.8, 4) is 11.8 Å². The molecule has 6 heteroatoms. The fourth-order valence-corrected chi connectivity index (χ4v) is 4.41. The number of carboxylic acid groups (broad SMARTS) is 1. The van der Waals surface area contributed by atoms with Crippen molar-refractivity contribution in [1.29, 1.82) is 0 Å². The second-order valence-electron chi connectivity index (χ2n) is 6.02. The average molecular weight is 373 g/mol. The van der Waals surface area contributed by atoms with E-state index in [0.29, 0.717) is 11.6 Å². The van der Waals surface area contributed by atoms with Gasteiger partial charge in [-0.3, -0.25) is 9.78 Å². The van der Waals surface area contributed by atoms with Crippen LogP contribution in [0, 0.1) is 11.8 Å². The van der Waals surface area contributed by atoms with E-state index >= 15 is 0 Å². The Hall–Kier alpha value is -2.03. The number of carboxylic acids is 1. The third kappa shape index (κ3) is 4.75. The molecule has 1 fully saturated rings. The predicted octanol–water partition coefficient (Wildman–Crippen LogP) is 4.41. The van der Waals surface area contributed by atoms with Gasteiger partial charge in [0.15, 0.2) is 0 Å². The van der Waals surface area contributed by atoms with Crippen molar-refractivity contribution in [1.82, 2.24) is 9.97 Å². The average Bonchev–Trinajstić information content (AvgIpc) is 2.56. The van der Waals surface area contributed by atoms with Crippen molar-refractivity contribution in [3.63, 3.8) is 0 Å². The molecule has 0 aliphatic heterocycles. The Bertz CT molecular complexity index is 841. The highest BCUT2D eigenvalue weighted by Gasteiger charge is 2.38. The lowest BCUT2D eigenvalue weighted by Crippen LogP contribution is -2.33. The minimum absolute atomic E-state index is 0.0101. The minimum atomic E-state index is -0.740. The molecule has 1 aliphatic carbocycles. The van der Waals surface area contributed by atoms with Crippen LogP contribution in [0.2, 0.25) is 5.15 Å². The number of halogens is 1. The number of carbonyl (C=O) groups is 1. The van der Waals surface area contributed by atoms with Crippen LogP contribution in [0.1, 0.15) is 43.2 Å². The van der Waals surface area contributed by atoms with E-state index in [9.17, 15) is 4.79 Å². The maximum Gasteiger partial charge on any atom is 0.303 e. The molecule has 4 nitrogen and oxygen atoms in total. The summed E-state index contributed by atoms with van der Waals surface area (Å²) in [6, 6.07) is 5.48. The molecule has 2 heterocycles. The van der Waals surface area contributed by atoms with Crippen molar-refractivity contribution in [2.75, 3.05) is 0 Å². The number of nitrogens with zero attached hydrogens (tertiary/aromatic N) is 2. The van der Waals surface area contributed by atoms with Gasteiger partial charge in [0.05, 0.1) is 5.56 Å². The Morgan fingerprint density at radius 1 is 1.32 bits per heavy atom. The molecular weight excluding hydrogens is 356 g/mol. The zero-order valence-corrected chi connectivity index (χ0v) is 15.1. The molecule has 0 amide bonds. The molecule has 0 unspecified atom stereocenters. The van der Waals surface area contributed by atoms with Gasteiger partial charge in [0.25, 0.3) is 0 Å². The second kappa shape index (κ2) is 7.90. The second-order valence-corrected chi connectivity index (χ2v) is 7.92. The number of aliphatic carboxylic acids is 1. The van der Waals surface area contributed by atoms with Gasteiger partial charge in [0, 0.05) is 40.2 Å².